The molecule has 1 amide bonds. The van der Waals surface area contributed by atoms with E-state index in [-0.39, 0.29) is 18.2 Å². The molecule has 0 heterocycles. The molecule has 0 bridgehead atoms. The molecule has 1 unspecified atom stereocenters. The number of anilines is 1. The van der Waals surface area contributed by atoms with Gasteiger partial charge in [-0.05, 0) is 12.0 Å². The molecule has 110 valence electrons. The van der Waals surface area contributed by atoms with Crippen molar-refractivity contribution in [2.45, 2.75) is 13.8 Å². The second kappa shape index (κ2) is 6.42. The Bertz CT molecular complexity index is 533. The van der Waals surface area contributed by atoms with Crippen LogP contribution in [0.5, 0.6) is 0 Å². The summed E-state index contributed by atoms with van der Waals surface area (Å²) in [6, 6.07) is 1.17. The number of hydrogen-bond donors (Lipinski definition) is 3. The summed E-state index contributed by atoms with van der Waals surface area (Å²) in [5.74, 6) is -5.15. The molecule has 1 aromatic carbocycles. The number of carboxylic acids is 1. The Morgan fingerprint density at radius 3 is 2.30 bits per heavy atom. The lowest BCUT2D eigenvalue weighted by Crippen LogP contribution is -2.33. The number of aromatic carboxylic acids is 1. The number of benzene rings is 1. The Hall–Kier alpha value is -2.02. The van der Waals surface area contributed by atoms with Crippen molar-refractivity contribution in [3.8, 4) is 0 Å². The molecule has 0 saturated carbocycles. The first-order valence-corrected chi connectivity index (χ1v) is 6.01. The summed E-state index contributed by atoms with van der Waals surface area (Å²) in [6.07, 6.45) is 0. The second-order valence-corrected chi connectivity index (χ2v) is 4.69. The van der Waals surface area contributed by atoms with Crippen LogP contribution in [0.3, 0.4) is 0 Å². The SMILES string of the molecule is CC(C)C(CN)C(=O)Nc1cc(F)c(F)cc1C(=O)O. The molecule has 1 aromatic rings. The van der Waals surface area contributed by atoms with Gasteiger partial charge in [-0.25, -0.2) is 13.6 Å². The summed E-state index contributed by atoms with van der Waals surface area (Å²) in [5, 5.41) is 11.2. The fourth-order valence-electron chi connectivity index (χ4n) is 1.73. The summed E-state index contributed by atoms with van der Waals surface area (Å²) in [5.41, 5.74) is 4.66. The van der Waals surface area contributed by atoms with E-state index < -0.39 is 35.0 Å². The number of nitrogens with one attached hydrogen (secondary N) is 1. The minimum atomic E-state index is -1.46. The van der Waals surface area contributed by atoms with Gasteiger partial charge in [0.2, 0.25) is 5.91 Å². The molecule has 0 radical (unpaired) electrons. The largest absolute Gasteiger partial charge is 0.478 e. The maximum Gasteiger partial charge on any atom is 0.337 e. The Morgan fingerprint density at radius 1 is 1.30 bits per heavy atom. The predicted molar refractivity (Wildman–Crippen MR) is 69.3 cm³/mol. The number of halogens is 2. The van der Waals surface area contributed by atoms with Crippen LogP contribution in [0.1, 0.15) is 24.2 Å². The smallest absolute Gasteiger partial charge is 0.337 e. The summed E-state index contributed by atoms with van der Waals surface area (Å²) >= 11 is 0. The van der Waals surface area contributed by atoms with E-state index in [0.717, 1.165) is 0 Å². The van der Waals surface area contributed by atoms with Crippen LogP contribution in [0.15, 0.2) is 12.1 Å². The predicted octanol–water partition coefficient (Wildman–Crippen LogP) is 1.83. The fraction of sp³-hybridized carbons (Fsp3) is 0.385. The zero-order chi connectivity index (χ0) is 15.4. The highest BCUT2D eigenvalue weighted by Gasteiger charge is 2.23. The van der Waals surface area contributed by atoms with E-state index in [0.29, 0.717) is 12.1 Å². The van der Waals surface area contributed by atoms with Crippen LogP contribution in [0.2, 0.25) is 0 Å². The highest BCUT2D eigenvalue weighted by Crippen LogP contribution is 2.22. The van der Waals surface area contributed by atoms with Gasteiger partial charge in [-0.2, -0.15) is 0 Å². The maximum absolute atomic E-state index is 13.2. The third kappa shape index (κ3) is 3.51. The third-order valence-corrected chi connectivity index (χ3v) is 2.94. The molecule has 0 aliphatic rings. The topological polar surface area (TPSA) is 92.4 Å². The Labute approximate surface area is 114 Å². The van der Waals surface area contributed by atoms with Crippen LogP contribution in [-0.4, -0.2) is 23.5 Å². The van der Waals surface area contributed by atoms with Gasteiger partial charge in [-0.3, -0.25) is 4.79 Å². The average molecular weight is 286 g/mol. The van der Waals surface area contributed by atoms with Crippen LogP contribution in [0.4, 0.5) is 14.5 Å². The van der Waals surface area contributed by atoms with Crippen molar-refractivity contribution in [2.75, 3.05) is 11.9 Å². The first-order chi connectivity index (χ1) is 9.27. The molecule has 0 aromatic heterocycles. The molecule has 1 atom stereocenters. The Kier molecular flexibility index (Phi) is 5.15. The average Bonchev–Trinajstić information content (AvgIpc) is 2.33. The summed E-state index contributed by atoms with van der Waals surface area (Å²) in [7, 11) is 0. The minimum absolute atomic E-state index is 0.0651. The molecule has 0 fully saturated rings. The van der Waals surface area contributed by atoms with Crippen molar-refractivity contribution < 1.29 is 23.5 Å². The van der Waals surface area contributed by atoms with Gasteiger partial charge in [-0.1, -0.05) is 13.8 Å². The van der Waals surface area contributed by atoms with Gasteiger partial charge >= 0.3 is 5.97 Å². The van der Waals surface area contributed by atoms with Crippen molar-refractivity contribution in [3.63, 3.8) is 0 Å². The molecule has 5 nitrogen and oxygen atoms in total. The zero-order valence-corrected chi connectivity index (χ0v) is 11.1. The molecular formula is C13H16F2N2O3. The van der Waals surface area contributed by atoms with E-state index >= 15 is 0 Å². The summed E-state index contributed by atoms with van der Waals surface area (Å²) < 4.78 is 26.2. The van der Waals surface area contributed by atoms with Crippen molar-refractivity contribution in [1.82, 2.24) is 0 Å². The number of carbonyl (C=O) groups excluding carboxylic acids is 1. The molecule has 0 spiro atoms. The number of rotatable bonds is 5. The van der Waals surface area contributed by atoms with Crippen LogP contribution >= 0.6 is 0 Å². The van der Waals surface area contributed by atoms with Gasteiger partial charge in [-0.15, -0.1) is 0 Å². The highest BCUT2D eigenvalue weighted by atomic mass is 19.2. The number of nitrogens with two attached hydrogens (primary N) is 1. The molecule has 1 rings (SSSR count). The van der Waals surface area contributed by atoms with Gasteiger partial charge in [0.05, 0.1) is 17.2 Å². The third-order valence-electron chi connectivity index (χ3n) is 2.94. The lowest BCUT2D eigenvalue weighted by molar-refractivity contribution is -0.120. The fourth-order valence-corrected chi connectivity index (χ4v) is 1.73. The quantitative estimate of drug-likeness (QED) is 0.770. The molecule has 20 heavy (non-hydrogen) atoms. The van der Waals surface area contributed by atoms with Gasteiger partial charge in [0, 0.05) is 12.6 Å². The second-order valence-electron chi connectivity index (χ2n) is 4.69. The van der Waals surface area contributed by atoms with Gasteiger partial charge < -0.3 is 16.2 Å². The molecule has 0 aliphatic carbocycles. The van der Waals surface area contributed by atoms with Crippen LogP contribution in [0, 0.1) is 23.5 Å². The summed E-state index contributed by atoms with van der Waals surface area (Å²) in [4.78, 5) is 22.9. The van der Waals surface area contributed by atoms with Crippen molar-refractivity contribution >= 4 is 17.6 Å². The first kappa shape index (κ1) is 16.0. The Balaban J connectivity index is 3.11. The highest BCUT2D eigenvalue weighted by molar-refractivity contribution is 6.01. The zero-order valence-electron chi connectivity index (χ0n) is 11.1. The molecule has 7 heteroatoms. The Morgan fingerprint density at radius 2 is 1.85 bits per heavy atom. The van der Waals surface area contributed by atoms with Gasteiger partial charge in [0.1, 0.15) is 0 Å². The lowest BCUT2D eigenvalue weighted by atomic mass is 9.95. The van der Waals surface area contributed by atoms with Crippen LogP contribution in [-0.2, 0) is 4.79 Å². The van der Waals surface area contributed by atoms with Crippen molar-refractivity contribution in [3.05, 3.63) is 29.3 Å². The lowest BCUT2D eigenvalue weighted by Gasteiger charge is -2.19. The minimum Gasteiger partial charge on any atom is -0.478 e. The molecule has 4 N–H and O–H groups in total. The maximum atomic E-state index is 13.2. The standard InChI is InChI=1S/C13H16F2N2O3/c1-6(2)8(5-16)12(18)17-11-4-10(15)9(14)3-7(11)13(19)20/h3-4,6,8H,5,16H2,1-2H3,(H,17,18)(H,19,20). The first-order valence-electron chi connectivity index (χ1n) is 6.01. The van der Waals surface area contributed by atoms with E-state index in [1.165, 1.54) is 0 Å². The van der Waals surface area contributed by atoms with Gasteiger partial charge in [0.25, 0.3) is 0 Å². The van der Waals surface area contributed by atoms with Crippen LogP contribution in [0.25, 0.3) is 0 Å². The van der Waals surface area contributed by atoms with E-state index in [1.54, 1.807) is 13.8 Å². The van der Waals surface area contributed by atoms with Crippen molar-refractivity contribution in [2.24, 2.45) is 17.6 Å². The monoisotopic (exact) mass is 286 g/mol. The summed E-state index contributed by atoms with van der Waals surface area (Å²) in [6.45, 7) is 3.62. The van der Waals surface area contributed by atoms with E-state index in [2.05, 4.69) is 5.32 Å². The van der Waals surface area contributed by atoms with E-state index in [9.17, 15) is 18.4 Å². The van der Waals surface area contributed by atoms with Crippen molar-refractivity contribution in [1.29, 1.82) is 0 Å². The van der Waals surface area contributed by atoms with E-state index in [4.69, 9.17) is 10.8 Å². The number of hydrogen-bond acceptors (Lipinski definition) is 3. The van der Waals surface area contributed by atoms with Crippen LogP contribution < -0.4 is 11.1 Å². The van der Waals surface area contributed by atoms with E-state index in [1.807, 2.05) is 0 Å². The number of carbonyl (C=O) groups is 2. The molecule has 0 saturated heterocycles. The number of amides is 1. The molecule has 0 aliphatic heterocycles. The normalized spacial score (nSPS) is 12.3. The molecular weight excluding hydrogens is 270 g/mol. The number of carboxylic acid groups (broad SMARTS) is 1. The van der Waals surface area contributed by atoms with Gasteiger partial charge in [0.15, 0.2) is 11.6 Å².